The van der Waals surface area contributed by atoms with Gasteiger partial charge in [0.15, 0.2) is 5.43 Å². The van der Waals surface area contributed by atoms with Crippen LogP contribution in [0, 0.1) is 12.3 Å². The van der Waals surface area contributed by atoms with Gasteiger partial charge in [-0.05, 0) is 20.8 Å². The Labute approximate surface area is 104 Å². The van der Waals surface area contributed by atoms with Crippen LogP contribution in [0.15, 0.2) is 17.1 Å². The Hall–Kier alpha value is -2.11. The number of carbonyl (C=O) groups excluding carboxylic acids is 1. The maximum absolute atomic E-state index is 11.7. The van der Waals surface area contributed by atoms with Crippen molar-refractivity contribution in [1.82, 2.24) is 10.3 Å². The van der Waals surface area contributed by atoms with E-state index in [4.69, 9.17) is 5.11 Å². The number of rotatable bonds is 4. The Morgan fingerprint density at radius 2 is 2.06 bits per heavy atom. The van der Waals surface area contributed by atoms with Gasteiger partial charge in [-0.15, -0.1) is 0 Å². The Bertz CT molecular complexity index is 531. The summed E-state index contributed by atoms with van der Waals surface area (Å²) in [7, 11) is 0. The number of H-pyrrole nitrogens is 1. The molecule has 0 atom stereocenters. The lowest BCUT2D eigenvalue weighted by molar-refractivity contribution is -0.146. The minimum atomic E-state index is -1.08. The first-order valence-electron chi connectivity index (χ1n) is 5.45. The van der Waals surface area contributed by atoms with Crippen LogP contribution in [0.25, 0.3) is 0 Å². The zero-order valence-corrected chi connectivity index (χ0v) is 10.5. The van der Waals surface area contributed by atoms with Gasteiger partial charge >= 0.3 is 5.97 Å². The first kappa shape index (κ1) is 14.0. The van der Waals surface area contributed by atoms with Gasteiger partial charge in [0.05, 0.1) is 5.41 Å². The maximum Gasteiger partial charge on any atom is 0.310 e. The Kier molecular flexibility index (Phi) is 3.90. The highest BCUT2D eigenvalue weighted by atomic mass is 16.4. The molecule has 0 aliphatic heterocycles. The van der Waals surface area contributed by atoms with Crippen molar-refractivity contribution in [3.05, 3.63) is 33.7 Å². The number of nitrogens with one attached hydrogen (secondary N) is 2. The Morgan fingerprint density at radius 3 is 2.56 bits per heavy atom. The molecule has 0 radical (unpaired) electrons. The van der Waals surface area contributed by atoms with Gasteiger partial charge in [0.25, 0.3) is 5.91 Å². The van der Waals surface area contributed by atoms with Crippen molar-refractivity contribution in [2.24, 2.45) is 5.41 Å². The zero-order chi connectivity index (χ0) is 13.9. The van der Waals surface area contributed by atoms with Crippen molar-refractivity contribution in [3.63, 3.8) is 0 Å². The SMILES string of the molecule is Cc1cc(=O)c(C(=O)NCC(C)(C)C(=O)O)c[nH]1. The lowest BCUT2D eigenvalue weighted by Gasteiger charge is -2.19. The smallest absolute Gasteiger partial charge is 0.310 e. The minimum Gasteiger partial charge on any atom is -0.481 e. The fraction of sp³-hybridized carbons (Fsp3) is 0.417. The molecule has 1 amide bonds. The average molecular weight is 252 g/mol. The summed E-state index contributed by atoms with van der Waals surface area (Å²) in [6, 6.07) is 1.32. The topological polar surface area (TPSA) is 99.3 Å². The van der Waals surface area contributed by atoms with Crippen molar-refractivity contribution < 1.29 is 14.7 Å². The fourth-order valence-electron chi connectivity index (χ4n) is 1.22. The second-order valence-electron chi connectivity index (χ2n) is 4.77. The second kappa shape index (κ2) is 5.03. The quantitative estimate of drug-likeness (QED) is 0.727. The Morgan fingerprint density at radius 1 is 1.44 bits per heavy atom. The largest absolute Gasteiger partial charge is 0.481 e. The predicted octanol–water partition coefficient (Wildman–Crippen LogP) is 0.524. The molecule has 0 aliphatic rings. The van der Waals surface area contributed by atoms with E-state index in [1.807, 2.05) is 0 Å². The van der Waals surface area contributed by atoms with E-state index in [-0.39, 0.29) is 12.1 Å². The highest BCUT2D eigenvalue weighted by Gasteiger charge is 2.27. The van der Waals surface area contributed by atoms with Crippen molar-refractivity contribution >= 4 is 11.9 Å². The number of amides is 1. The average Bonchev–Trinajstić information content (AvgIpc) is 2.25. The number of carbonyl (C=O) groups is 2. The molecule has 6 nitrogen and oxygen atoms in total. The fourth-order valence-corrected chi connectivity index (χ4v) is 1.22. The van der Waals surface area contributed by atoms with Gasteiger partial charge in [0.2, 0.25) is 0 Å². The van der Waals surface area contributed by atoms with Gasteiger partial charge in [0.1, 0.15) is 5.56 Å². The molecule has 1 aromatic rings. The third-order valence-corrected chi connectivity index (χ3v) is 2.57. The Balaban J connectivity index is 2.78. The normalized spacial score (nSPS) is 11.1. The lowest BCUT2D eigenvalue weighted by atomic mass is 9.94. The van der Waals surface area contributed by atoms with Crippen LogP contribution < -0.4 is 10.7 Å². The number of hydrogen-bond donors (Lipinski definition) is 3. The molecule has 6 heteroatoms. The van der Waals surface area contributed by atoms with E-state index in [1.165, 1.54) is 26.1 Å². The van der Waals surface area contributed by atoms with Gasteiger partial charge in [-0.25, -0.2) is 0 Å². The minimum absolute atomic E-state index is 0.0261. The van der Waals surface area contributed by atoms with Crippen molar-refractivity contribution in [1.29, 1.82) is 0 Å². The number of carboxylic acid groups (broad SMARTS) is 1. The van der Waals surface area contributed by atoms with E-state index in [9.17, 15) is 14.4 Å². The number of pyridine rings is 1. The van der Waals surface area contributed by atoms with Crippen LogP contribution in [0.4, 0.5) is 0 Å². The van der Waals surface area contributed by atoms with Crippen molar-refractivity contribution in [2.45, 2.75) is 20.8 Å². The van der Waals surface area contributed by atoms with E-state index in [2.05, 4.69) is 10.3 Å². The molecule has 0 saturated heterocycles. The molecule has 1 rings (SSSR count). The molecular formula is C12H16N2O4. The summed E-state index contributed by atoms with van der Waals surface area (Å²) in [6.07, 6.45) is 1.32. The van der Waals surface area contributed by atoms with E-state index < -0.39 is 22.7 Å². The van der Waals surface area contributed by atoms with E-state index in [1.54, 1.807) is 6.92 Å². The first-order chi connectivity index (χ1) is 8.24. The van der Waals surface area contributed by atoms with Crippen molar-refractivity contribution in [2.75, 3.05) is 6.54 Å². The predicted molar refractivity (Wildman–Crippen MR) is 65.5 cm³/mol. The van der Waals surface area contributed by atoms with Gasteiger partial charge in [-0.1, -0.05) is 0 Å². The molecule has 0 aliphatic carbocycles. The third kappa shape index (κ3) is 3.19. The van der Waals surface area contributed by atoms with Crippen LogP contribution in [-0.4, -0.2) is 28.5 Å². The molecule has 18 heavy (non-hydrogen) atoms. The molecule has 0 saturated carbocycles. The summed E-state index contributed by atoms with van der Waals surface area (Å²) in [5, 5.41) is 11.3. The van der Waals surface area contributed by atoms with Crippen LogP contribution in [-0.2, 0) is 4.79 Å². The highest BCUT2D eigenvalue weighted by molar-refractivity contribution is 5.94. The monoisotopic (exact) mass is 252 g/mol. The number of aromatic nitrogens is 1. The molecule has 0 unspecified atom stereocenters. The molecule has 3 N–H and O–H groups in total. The molecule has 0 aromatic carbocycles. The van der Waals surface area contributed by atoms with E-state index in [0.29, 0.717) is 5.69 Å². The lowest BCUT2D eigenvalue weighted by Crippen LogP contribution is -2.40. The highest BCUT2D eigenvalue weighted by Crippen LogP contribution is 2.13. The molecule has 1 heterocycles. The zero-order valence-electron chi connectivity index (χ0n) is 10.5. The van der Waals surface area contributed by atoms with Gasteiger partial charge in [0, 0.05) is 24.5 Å². The van der Waals surface area contributed by atoms with Crippen LogP contribution in [0.1, 0.15) is 29.9 Å². The molecule has 0 bridgehead atoms. The number of aryl methyl sites for hydroxylation is 1. The van der Waals surface area contributed by atoms with Crippen LogP contribution in [0.5, 0.6) is 0 Å². The maximum atomic E-state index is 11.7. The number of carboxylic acids is 1. The summed E-state index contributed by atoms with van der Waals surface area (Å²) in [5.74, 6) is -1.59. The van der Waals surface area contributed by atoms with E-state index in [0.717, 1.165) is 0 Å². The number of aromatic amines is 1. The number of aliphatic carboxylic acids is 1. The van der Waals surface area contributed by atoms with Gasteiger partial charge in [-0.3, -0.25) is 14.4 Å². The summed E-state index contributed by atoms with van der Waals surface area (Å²) in [6.45, 7) is 4.65. The number of hydrogen-bond acceptors (Lipinski definition) is 3. The third-order valence-electron chi connectivity index (χ3n) is 2.57. The van der Waals surface area contributed by atoms with Crippen LogP contribution in [0.2, 0.25) is 0 Å². The van der Waals surface area contributed by atoms with Gasteiger partial charge < -0.3 is 15.4 Å². The second-order valence-corrected chi connectivity index (χ2v) is 4.77. The standard InChI is InChI=1S/C12H16N2O4/c1-7-4-9(15)8(5-13-7)10(16)14-6-12(2,3)11(17)18/h4-5H,6H2,1-3H3,(H,13,15)(H,14,16)(H,17,18). The summed E-state index contributed by atoms with van der Waals surface area (Å²) < 4.78 is 0. The summed E-state index contributed by atoms with van der Waals surface area (Å²) in [4.78, 5) is 36.9. The van der Waals surface area contributed by atoms with Crippen LogP contribution >= 0.6 is 0 Å². The molecule has 0 spiro atoms. The molecule has 98 valence electrons. The molecular weight excluding hydrogens is 236 g/mol. The van der Waals surface area contributed by atoms with Crippen molar-refractivity contribution in [3.8, 4) is 0 Å². The summed E-state index contributed by atoms with van der Waals surface area (Å²) >= 11 is 0. The first-order valence-corrected chi connectivity index (χ1v) is 5.45. The van der Waals surface area contributed by atoms with E-state index >= 15 is 0 Å². The van der Waals surface area contributed by atoms with Crippen LogP contribution in [0.3, 0.4) is 0 Å². The molecule has 0 fully saturated rings. The van der Waals surface area contributed by atoms with Gasteiger partial charge in [-0.2, -0.15) is 0 Å². The molecule has 1 aromatic heterocycles. The summed E-state index contributed by atoms with van der Waals surface area (Å²) in [5.41, 5.74) is -0.839.